The fourth-order valence-corrected chi connectivity index (χ4v) is 2.31. The summed E-state index contributed by atoms with van der Waals surface area (Å²) in [7, 11) is 0. The Labute approximate surface area is 114 Å². The largest absolute Gasteiger partial charge is 0.467 e. The Morgan fingerprint density at radius 1 is 1.44 bits per heavy atom. The van der Waals surface area contributed by atoms with Gasteiger partial charge >= 0.3 is 0 Å². The number of halogens is 2. The number of anilines is 1. The lowest BCUT2D eigenvalue weighted by Gasteiger charge is -2.18. The van der Waals surface area contributed by atoms with Crippen molar-refractivity contribution < 1.29 is 8.81 Å². The molecule has 0 aliphatic rings. The maximum Gasteiger partial charge on any atom is 0.139 e. The van der Waals surface area contributed by atoms with Crippen molar-refractivity contribution in [2.24, 2.45) is 0 Å². The first-order valence-corrected chi connectivity index (χ1v) is 6.66. The molecule has 2 nitrogen and oxygen atoms in total. The predicted molar refractivity (Wildman–Crippen MR) is 74.2 cm³/mol. The summed E-state index contributed by atoms with van der Waals surface area (Å²) in [4.78, 5) is 0. The number of hydrogen-bond donors (Lipinski definition) is 1. The van der Waals surface area contributed by atoms with Gasteiger partial charge in [-0.15, -0.1) is 0 Å². The van der Waals surface area contributed by atoms with Crippen molar-refractivity contribution in [1.82, 2.24) is 0 Å². The van der Waals surface area contributed by atoms with Crippen LogP contribution >= 0.6 is 15.9 Å². The van der Waals surface area contributed by atoms with Crippen LogP contribution in [0.1, 0.15) is 30.7 Å². The Morgan fingerprint density at radius 3 is 2.83 bits per heavy atom. The fourth-order valence-electron chi connectivity index (χ4n) is 1.85. The van der Waals surface area contributed by atoms with Crippen LogP contribution in [0.2, 0.25) is 0 Å². The minimum absolute atomic E-state index is 0.0549. The molecule has 1 N–H and O–H groups in total. The number of rotatable bonds is 4. The van der Waals surface area contributed by atoms with E-state index >= 15 is 0 Å². The monoisotopic (exact) mass is 311 g/mol. The molecule has 0 spiro atoms. The molecule has 1 heterocycles. The van der Waals surface area contributed by atoms with Crippen LogP contribution in [0.5, 0.6) is 0 Å². The summed E-state index contributed by atoms with van der Waals surface area (Å²) in [6, 6.07) is 7.11. The van der Waals surface area contributed by atoms with Crippen LogP contribution in [0.25, 0.3) is 0 Å². The van der Waals surface area contributed by atoms with Gasteiger partial charge in [0.05, 0.1) is 16.8 Å². The van der Waals surface area contributed by atoms with Crippen molar-refractivity contribution in [3.05, 3.63) is 52.1 Å². The number of hydrogen-bond acceptors (Lipinski definition) is 2. The SMILES string of the molecule is CCC(Nc1cc(F)c(Br)cc1C)c1ccco1. The van der Waals surface area contributed by atoms with Crippen molar-refractivity contribution in [2.45, 2.75) is 26.3 Å². The van der Waals surface area contributed by atoms with Crippen LogP contribution < -0.4 is 5.32 Å². The highest BCUT2D eigenvalue weighted by molar-refractivity contribution is 9.10. The Bertz CT molecular complexity index is 525. The Morgan fingerprint density at radius 2 is 2.22 bits per heavy atom. The molecule has 0 bridgehead atoms. The average Bonchev–Trinajstić information content (AvgIpc) is 2.85. The fraction of sp³-hybridized carbons (Fsp3) is 0.286. The minimum Gasteiger partial charge on any atom is -0.467 e. The van der Waals surface area contributed by atoms with Gasteiger partial charge in [-0.25, -0.2) is 4.39 Å². The first kappa shape index (κ1) is 13.1. The molecule has 2 aromatic rings. The van der Waals surface area contributed by atoms with Gasteiger partial charge in [-0.3, -0.25) is 0 Å². The zero-order valence-electron chi connectivity index (χ0n) is 10.3. The van der Waals surface area contributed by atoms with Gasteiger partial charge in [0.1, 0.15) is 11.6 Å². The first-order chi connectivity index (χ1) is 8.61. The number of benzene rings is 1. The molecule has 0 radical (unpaired) electrons. The molecule has 0 aliphatic carbocycles. The summed E-state index contributed by atoms with van der Waals surface area (Å²) in [5.41, 5.74) is 1.78. The second-order valence-corrected chi connectivity index (χ2v) is 5.06. The van der Waals surface area contributed by atoms with E-state index in [1.54, 1.807) is 12.3 Å². The molecular formula is C14H15BrFNO. The van der Waals surface area contributed by atoms with E-state index in [-0.39, 0.29) is 11.9 Å². The lowest BCUT2D eigenvalue weighted by molar-refractivity contribution is 0.473. The molecule has 2 rings (SSSR count). The summed E-state index contributed by atoms with van der Waals surface area (Å²) in [5.74, 6) is 0.595. The third-order valence-corrected chi connectivity index (χ3v) is 3.50. The molecule has 18 heavy (non-hydrogen) atoms. The normalized spacial score (nSPS) is 12.4. The highest BCUT2D eigenvalue weighted by Crippen LogP contribution is 2.28. The second kappa shape index (κ2) is 5.57. The summed E-state index contributed by atoms with van der Waals surface area (Å²) in [6.45, 7) is 4.01. The molecule has 0 amide bonds. The smallest absolute Gasteiger partial charge is 0.139 e. The quantitative estimate of drug-likeness (QED) is 0.854. The van der Waals surface area contributed by atoms with Crippen LogP contribution in [0.4, 0.5) is 10.1 Å². The van der Waals surface area contributed by atoms with Gasteiger partial charge < -0.3 is 9.73 Å². The van der Waals surface area contributed by atoms with E-state index in [4.69, 9.17) is 4.42 Å². The second-order valence-electron chi connectivity index (χ2n) is 4.20. The van der Waals surface area contributed by atoms with Gasteiger partial charge in [0.15, 0.2) is 0 Å². The van der Waals surface area contributed by atoms with Crippen LogP contribution in [0, 0.1) is 12.7 Å². The number of furan rings is 1. The molecule has 0 fully saturated rings. The number of aryl methyl sites for hydroxylation is 1. The summed E-state index contributed by atoms with van der Waals surface area (Å²) in [5, 5.41) is 3.31. The van der Waals surface area contributed by atoms with Gasteiger partial charge in [0.25, 0.3) is 0 Å². The summed E-state index contributed by atoms with van der Waals surface area (Å²) < 4.78 is 19.4. The molecule has 0 saturated carbocycles. The zero-order chi connectivity index (χ0) is 13.1. The summed E-state index contributed by atoms with van der Waals surface area (Å²) in [6.07, 6.45) is 2.51. The molecule has 1 unspecified atom stereocenters. The molecular weight excluding hydrogens is 297 g/mol. The van der Waals surface area contributed by atoms with E-state index in [1.807, 2.05) is 19.1 Å². The zero-order valence-corrected chi connectivity index (χ0v) is 11.9. The van der Waals surface area contributed by atoms with Crippen molar-refractivity contribution >= 4 is 21.6 Å². The van der Waals surface area contributed by atoms with Gasteiger partial charge in [-0.1, -0.05) is 6.92 Å². The predicted octanol–water partition coefficient (Wildman–Crippen LogP) is 5.05. The van der Waals surface area contributed by atoms with E-state index in [0.29, 0.717) is 4.47 Å². The van der Waals surface area contributed by atoms with Crippen molar-refractivity contribution in [1.29, 1.82) is 0 Å². The third kappa shape index (κ3) is 2.75. The van der Waals surface area contributed by atoms with Crippen molar-refractivity contribution in [2.75, 3.05) is 5.32 Å². The van der Waals surface area contributed by atoms with Gasteiger partial charge in [-0.2, -0.15) is 0 Å². The third-order valence-electron chi connectivity index (χ3n) is 2.89. The molecule has 1 aromatic heterocycles. The maximum atomic E-state index is 13.5. The van der Waals surface area contributed by atoms with E-state index in [1.165, 1.54) is 6.07 Å². The van der Waals surface area contributed by atoms with Gasteiger partial charge in [0, 0.05) is 5.69 Å². The van der Waals surface area contributed by atoms with E-state index in [0.717, 1.165) is 23.4 Å². The van der Waals surface area contributed by atoms with Crippen molar-refractivity contribution in [3.63, 3.8) is 0 Å². The minimum atomic E-state index is -0.266. The Kier molecular flexibility index (Phi) is 4.07. The molecule has 4 heteroatoms. The van der Waals surface area contributed by atoms with E-state index < -0.39 is 0 Å². The van der Waals surface area contributed by atoms with Gasteiger partial charge in [0.2, 0.25) is 0 Å². The average molecular weight is 312 g/mol. The Balaban J connectivity index is 2.25. The molecule has 1 atom stereocenters. The molecule has 0 aliphatic heterocycles. The van der Waals surface area contributed by atoms with Crippen LogP contribution in [0.15, 0.2) is 39.4 Å². The molecule has 0 saturated heterocycles. The maximum absolute atomic E-state index is 13.5. The molecule has 1 aromatic carbocycles. The topological polar surface area (TPSA) is 25.2 Å². The van der Waals surface area contributed by atoms with Crippen LogP contribution in [0.3, 0.4) is 0 Å². The number of nitrogens with one attached hydrogen (secondary N) is 1. The standard InChI is InChI=1S/C14H15BrFNO/c1-3-12(14-5-4-6-18-14)17-13-8-11(16)10(15)7-9(13)2/h4-8,12,17H,3H2,1-2H3. The Hall–Kier alpha value is -1.29. The molecule has 96 valence electrons. The highest BCUT2D eigenvalue weighted by Gasteiger charge is 2.14. The lowest BCUT2D eigenvalue weighted by Crippen LogP contribution is -2.10. The van der Waals surface area contributed by atoms with E-state index in [9.17, 15) is 4.39 Å². The van der Waals surface area contributed by atoms with Crippen LogP contribution in [-0.2, 0) is 0 Å². The van der Waals surface area contributed by atoms with Crippen molar-refractivity contribution in [3.8, 4) is 0 Å². The van der Waals surface area contributed by atoms with Gasteiger partial charge in [-0.05, 0) is 59.1 Å². The first-order valence-electron chi connectivity index (χ1n) is 5.87. The van der Waals surface area contributed by atoms with E-state index in [2.05, 4.69) is 28.2 Å². The highest BCUT2D eigenvalue weighted by atomic mass is 79.9. The summed E-state index contributed by atoms with van der Waals surface area (Å²) >= 11 is 3.18. The lowest BCUT2D eigenvalue weighted by atomic mass is 10.1. The van der Waals surface area contributed by atoms with Crippen LogP contribution in [-0.4, -0.2) is 0 Å².